The monoisotopic (exact) mass is 334 g/mol. The van der Waals surface area contributed by atoms with Gasteiger partial charge in [-0.3, -0.25) is 0 Å². The maximum absolute atomic E-state index is 13.8. The van der Waals surface area contributed by atoms with Gasteiger partial charge in [-0.25, -0.2) is 0 Å². The Morgan fingerprint density at radius 1 is 0.955 bits per heavy atom. The summed E-state index contributed by atoms with van der Waals surface area (Å²) in [4.78, 5) is 0. The average Bonchev–Trinajstić information content (AvgIpc) is 2.35. The van der Waals surface area contributed by atoms with E-state index in [0.29, 0.717) is 24.3 Å². The van der Waals surface area contributed by atoms with Crippen LogP contribution in [0.2, 0.25) is 0 Å². The van der Waals surface area contributed by atoms with E-state index in [2.05, 4.69) is 4.74 Å². The number of hydrogen-bond acceptors (Lipinski definition) is 1. The Hall–Kier alpha value is -1.38. The number of alkyl halides is 8. The van der Waals surface area contributed by atoms with Crippen LogP contribution in [0.1, 0.15) is 18.1 Å². The van der Waals surface area contributed by atoms with Gasteiger partial charge in [0, 0.05) is 5.92 Å². The van der Waals surface area contributed by atoms with Crippen molar-refractivity contribution in [3.63, 3.8) is 0 Å². The molecule has 1 aromatic rings. The fourth-order valence-corrected chi connectivity index (χ4v) is 2.48. The van der Waals surface area contributed by atoms with Crippen molar-refractivity contribution < 1.29 is 39.9 Å². The molecule has 2 rings (SSSR count). The smallest absolute Gasteiger partial charge is 0.363 e. The van der Waals surface area contributed by atoms with E-state index in [1.807, 2.05) is 0 Å². The largest absolute Gasteiger partial charge is 0.456 e. The van der Waals surface area contributed by atoms with Crippen molar-refractivity contribution in [3.05, 3.63) is 35.4 Å². The van der Waals surface area contributed by atoms with E-state index in [4.69, 9.17) is 0 Å². The number of hydrogen-bond donors (Lipinski definition) is 0. The van der Waals surface area contributed by atoms with E-state index in [0.717, 1.165) is 6.92 Å². The van der Waals surface area contributed by atoms with Crippen LogP contribution in [0.25, 0.3) is 0 Å². The van der Waals surface area contributed by atoms with Crippen LogP contribution in [0.4, 0.5) is 35.1 Å². The van der Waals surface area contributed by atoms with Crippen molar-refractivity contribution in [2.24, 2.45) is 5.92 Å². The van der Waals surface area contributed by atoms with Gasteiger partial charge >= 0.3 is 18.3 Å². The van der Waals surface area contributed by atoms with Gasteiger partial charge in [-0.05, 0) is 17.7 Å². The van der Waals surface area contributed by atoms with E-state index in [9.17, 15) is 35.1 Å². The first-order valence-corrected chi connectivity index (χ1v) is 6.10. The van der Waals surface area contributed by atoms with E-state index >= 15 is 0 Å². The number of halogens is 8. The average molecular weight is 334 g/mol. The van der Waals surface area contributed by atoms with Crippen molar-refractivity contribution in [2.45, 2.75) is 30.8 Å². The third-order valence-electron chi connectivity index (χ3n) is 3.72. The first-order chi connectivity index (χ1) is 9.84. The van der Waals surface area contributed by atoms with Crippen LogP contribution in [0, 0.1) is 5.92 Å². The number of benzene rings is 1. The molecule has 0 aromatic heterocycles. The minimum Gasteiger partial charge on any atom is -0.363 e. The second-order valence-electron chi connectivity index (χ2n) is 5.09. The lowest BCUT2D eigenvalue weighted by molar-refractivity contribution is -0.401. The lowest BCUT2D eigenvalue weighted by Crippen LogP contribution is -2.66. The zero-order chi connectivity index (χ0) is 17.0. The topological polar surface area (TPSA) is 9.23 Å². The molecule has 0 spiro atoms. The predicted octanol–water partition coefficient (Wildman–Crippen LogP) is 4.76. The van der Waals surface area contributed by atoms with Gasteiger partial charge in [-0.1, -0.05) is 19.1 Å². The molecule has 1 aromatic carbocycles. The lowest BCUT2D eigenvalue weighted by atomic mass is 9.73. The molecular weight excluding hydrogens is 324 g/mol. The van der Waals surface area contributed by atoms with Crippen LogP contribution in [-0.2, 0) is 16.5 Å². The molecule has 1 aliphatic rings. The molecule has 0 saturated carbocycles. The van der Waals surface area contributed by atoms with Gasteiger partial charge in [0.15, 0.2) is 5.60 Å². The van der Waals surface area contributed by atoms with Crippen LogP contribution >= 0.6 is 0 Å². The fourth-order valence-electron chi connectivity index (χ4n) is 2.48. The lowest BCUT2D eigenvalue weighted by Gasteiger charge is -2.52. The minimum atomic E-state index is -5.88. The van der Waals surface area contributed by atoms with Gasteiger partial charge in [-0.15, -0.1) is 0 Å². The molecule has 1 fully saturated rings. The van der Waals surface area contributed by atoms with E-state index < -0.39 is 40.9 Å². The van der Waals surface area contributed by atoms with Gasteiger partial charge < -0.3 is 4.74 Å². The molecule has 1 nitrogen and oxygen atoms in total. The first kappa shape index (κ1) is 17.0. The van der Waals surface area contributed by atoms with E-state index in [-0.39, 0.29) is 6.61 Å². The normalized spacial score (nSPS) is 26.7. The van der Waals surface area contributed by atoms with Crippen LogP contribution in [0.15, 0.2) is 24.3 Å². The van der Waals surface area contributed by atoms with Gasteiger partial charge in [0.1, 0.15) is 0 Å². The molecule has 0 bridgehead atoms. The molecule has 124 valence electrons. The standard InChI is InChI=1S/C13H10F8O/c1-7-6-22-10(7,12(17,18)13(19,20)21)8-2-4-9(5-3-8)11(14,15)16/h2-5,7H,6H2,1H3/t7-,10+/m1/s1. The Bertz CT molecular complexity index is 545. The summed E-state index contributed by atoms with van der Waals surface area (Å²) in [6, 6.07) is 2.10. The number of ether oxygens (including phenoxy) is 1. The minimum absolute atomic E-state index is 0.341. The van der Waals surface area contributed by atoms with Gasteiger partial charge in [0.05, 0.1) is 12.2 Å². The van der Waals surface area contributed by atoms with Crippen molar-refractivity contribution in [3.8, 4) is 0 Å². The molecule has 0 unspecified atom stereocenters. The summed E-state index contributed by atoms with van der Waals surface area (Å²) in [6.07, 6.45) is -10.6. The van der Waals surface area contributed by atoms with E-state index in [1.54, 1.807) is 0 Å². The van der Waals surface area contributed by atoms with E-state index in [1.165, 1.54) is 0 Å². The molecule has 22 heavy (non-hydrogen) atoms. The summed E-state index contributed by atoms with van der Waals surface area (Å²) in [7, 11) is 0. The molecule has 0 aliphatic carbocycles. The third-order valence-corrected chi connectivity index (χ3v) is 3.72. The highest BCUT2D eigenvalue weighted by Gasteiger charge is 2.76. The van der Waals surface area contributed by atoms with Crippen LogP contribution in [0.5, 0.6) is 0 Å². The van der Waals surface area contributed by atoms with Gasteiger partial charge in [0.2, 0.25) is 0 Å². The molecule has 0 amide bonds. The van der Waals surface area contributed by atoms with Crippen LogP contribution in [0.3, 0.4) is 0 Å². The summed E-state index contributed by atoms with van der Waals surface area (Å²) in [5.74, 6) is -6.43. The Labute approximate surface area is 119 Å². The number of rotatable bonds is 2. The first-order valence-electron chi connectivity index (χ1n) is 6.10. The fraction of sp³-hybridized carbons (Fsp3) is 0.538. The Morgan fingerprint density at radius 3 is 1.73 bits per heavy atom. The predicted molar refractivity (Wildman–Crippen MR) is 59.2 cm³/mol. The molecule has 0 N–H and O–H groups in total. The molecule has 9 heteroatoms. The maximum atomic E-state index is 13.8. The quantitative estimate of drug-likeness (QED) is 0.708. The second-order valence-corrected chi connectivity index (χ2v) is 5.09. The highest BCUT2D eigenvalue weighted by Crippen LogP contribution is 2.58. The summed E-state index contributed by atoms with van der Waals surface area (Å²) in [6.45, 7) is 0.785. The molecule has 2 atom stereocenters. The van der Waals surface area contributed by atoms with Crippen molar-refractivity contribution in [1.82, 2.24) is 0 Å². The molecular formula is C13H10F8O. The molecule has 1 aliphatic heterocycles. The van der Waals surface area contributed by atoms with Crippen LogP contribution < -0.4 is 0 Å². The van der Waals surface area contributed by atoms with Gasteiger partial charge in [-0.2, -0.15) is 35.1 Å². The maximum Gasteiger partial charge on any atom is 0.456 e. The van der Waals surface area contributed by atoms with Crippen molar-refractivity contribution in [2.75, 3.05) is 6.61 Å². The molecule has 1 saturated heterocycles. The Morgan fingerprint density at radius 2 is 1.45 bits per heavy atom. The highest BCUT2D eigenvalue weighted by atomic mass is 19.4. The molecule has 1 heterocycles. The van der Waals surface area contributed by atoms with Crippen molar-refractivity contribution in [1.29, 1.82) is 0 Å². The SMILES string of the molecule is C[C@@H]1CO[C@@]1(c1ccc(C(F)(F)F)cc1)C(F)(F)C(F)(F)F. The van der Waals surface area contributed by atoms with Crippen molar-refractivity contribution >= 4 is 0 Å². The Kier molecular flexibility index (Phi) is 3.71. The molecule has 0 radical (unpaired) electrons. The third kappa shape index (κ3) is 2.26. The van der Waals surface area contributed by atoms with Crippen LogP contribution in [-0.4, -0.2) is 18.7 Å². The van der Waals surface area contributed by atoms with Gasteiger partial charge in [0.25, 0.3) is 0 Å². The summed E-state index contributed by atoms with van der Waals surface area (Å²) in [5, 5.41) is 0. The zero-order valence-electron chi connectivity index (χ0n) is 11.0. The zero-order valence-corrected chi connectivity index (χ0v) is 11.0. The summed E-state index contributed by atoms with van der Waals surface area (Å²) in [5.41, 5.74) is -4.79. The summed E-state index contributed by atoms with van der Waals surface area (Å²) < 4.78 is 108. The highest BCUT2D eigenvalue weighted by molar-refractivity contribution is 5.33. The second kappa shape index (κ2) is 4.81. The summed E-state index contributed by atoms with van der Waals surface area (Å²) >= 11 is 0. The Balaban J connectivity index is 2.50.